The molecule has 0 unspecified atom stereocenters. The Balaban J connectivity index is 2.12. The molecule has 1 aromatic rings. The number of rotatable bonds is 6. The highest BCUT2D eigenvalue weighted by atomic mass is 19.1. The molecule has 130 valence electrons. The highest BCUT2D eigenvalue weighted by molar-refractivity contribution is 5.98. The van der Waals surface area contributed by atoms with Crippen molar-refractivity contribution in [3.05, 3.63) is 35.8 Å². The van der Waals surface area contributed by atoms with Crippen LogP contribution in [0, 0.1) is 5.82 Å². The summed E-state index contributed by atoms with van der Waals surface area (Å²) in [5.41, 5.74) is 0.125. The molecule has 24 heavy (non-hydrogen) atoms. The van der Waals surface area contributed by atoms with Gasteiger partial charge in [-0.2, -0.15) is 0 Å². The van der Waals surface area contributed by atoms with Crippen molar-refractivity contribution >= 4 is 17.6 Å². The van der Waals surface area contributed by atoms with Gasteiger partial charge in [0.2, 0.25) is 0 Å². The van der Waals surface area contributed by atoms with Gasteiger partial charge in [0.05, 0.1) is 26.4 Å². The molecule has 1 fully saturated rings. The fourth-order valence-electron chi connectivity index (χ4n) is 2.45. The van der Waals surface area contributed by atoms with Crippen molar-refractivity contribution in [3.63, 3.8) is 0 Å². The Morgan fingerprint density at radius 3 is 2.50 bits per heavy atom. The Morgan fingerprint density at radius 1 is 1.21 bits per heavy atom. The number of ether oxygens (including phenoxy) is 3. The molecule has 0 atom stereocenters. The summed E-state index contributed by atoms with van der Waals surface area (Å²) in [6.45, 7) is 0. The summed E-state index contributed by atoms with van der Waals surface area (Å²) < 4.78 is 28.9. The number of carbonyl (C=O) groups is 2. The van der Waals surface area contributed by atoms with E-state index in [0.717, 1.165) is 31.8 Å². The lowest BCUT2D eigenvalue weighted by Crippen LogP contribution is -2.16. The molecule has 1 aliphatic rings. The summed E-state index contributed by atoms with van der Waals surface area (Å²) in [5, 5.41) is 2.65. The minimum Gasteiger partial charge on any atom is -0.487 e. The molecular weight excluding hydrogens is 317 g/mol. The molecule has 0 aliphatic heterocycles. The fraction of sp³-hybridized carbons (Fsp3) is 0.412. The number of methoxy groups -OCH3 is 2. The number of hydrogen-bond donors (Lipinski definition) is 1. The molecular formula is C17H20FNO5. The largest absolute Gasteiger partial charge is 0.487 e. The van der Waals surface area contributed by atoms with Crippen LogP contribution in [0.1, 0.15) is 25.7 Å². The van der Waals surface area contributed by atoms with Crippen molar-refractivity contribution in [1.29, 1.82) is 0 Å². The molecule has 0 radical (unpaired) electrons. The normalized spacial score (nSPS) is 15.0. The van der Waals surface area contributed by atoms with Gasteiger partial charge in [0, 0.05) is 11.8 Å². The van der Waals surface area contributed by atoms with Gasteiger partial charge < -0.3 is 19.5 Å². The molecule has 0 spiro atoms. The Bertz CT molecular complexity index is 638. The lowest BCUT2D eigenvalue weighted by atomic mass is 10.2. The first-order valence-corrected chi connectivity index (χ1v) is 7.64. The number of halogens is 1. The zero-order chi connectivity index (χ0) is 17.5. The smallest absolute Gasteiger partial charge is 0.354 e. The molecule has 7 heteroatoms. The van der Waals surface area contributed by atoms with E-state index < -0.39 is 17.8 Å². The van der Waals surface area contributed by atoms with Gasteiger partial charge in [-0.3, -0.25) is 0 Å². The Kier molecular flexibility index (Phi) is 6.17. The number of hydrogen-bond acceptors (Lipinski definition) is 6. The van der Waals surface area contributed by atoms with Crippen LogP contribution in [0.25, 0.3) is 0 Å². The van der Waals surface area contributed by atoms with E-state index in [4.69, 9.17) is 4.74 Å². The summed E-state index contributed by atoms with van der Waals surface area (Å²) in [6.07, 6.45) is 5.01. The third-order valence-electron chi connectivity index (χ3n) is 3.68. The second-order valence-corrected chi connectivity index (χ2v) is 5.37. The van der Waals surface area contributed by atoms with Crippen molar-refractivity contribution in [3.8, 4) is 5.75 Å². The molecule has 1 saturated carbocycles. The molecule has 0 aromatic heterocycles. The van der Waals surface area contributed by atoms with E-state index in [0.29, 0.717) is 0 Å². The van der Waals surface area contributed by atoms with Crippen molar-refractivity contribution < 1.29 is 28.2 Å². The van der Waals surface area contributed by atoms with Crippen LogP contribution in [-0.4, -0.2) is 32.3 Å². The van der Waals surface area contributed by atoms with Crippen LogP contribution < -0.4 is 10.1 Å². The predicted molar refractivity (Wildman–Crippen MR) is 85.0 cm³/mol. The molecule has 0 heterocycles. The number of carbonyl (C=O) groups excluding carboxylic acids is 2. The van der Waals surface area contributed by atoms with Crippen LogP contribution in [0.5, 0.6) is 5.75 Å². The minimum atomic E-state index is -0.771. The molecule has 6 nitrogen and oxygen atoms in total. The number of nitrogens with one attached hydrogen (secondary N) is 1. The lowest BCUT2D eigenvalue weighted by Gasteiger charge is -2.15. The highest BCUT2D eigenvalue weighted by Gasteiger charge is 2.19. The third-order valence-corrected chi connectivity index (χ3v) is 3.68. The first-order chi connectivity index (χ1) is 11.5. The summed E-state index contributed by atoms with van der Waals surface area (Å²) in [4.78, 5) is 23.0. The van der Waals surface area contributed by atoms with Crippen LogP contribution in [-0.2, 0) is 19.1 Å². The lowest BCUT2D eigenvalue weighted by molar-refractivity contribution is -0.138. The van der Waals surface area contributed by atoms with Gasteiger partial charge in [0.15, 0.2) is 11.6 Å². The quantitative estimate of drug-likeness (QED) is 0.636. The maximum Gasteiger partial charge on any atom is 0.354 e. The fourth-order valence-corrected chi connectivity index (χ4v) is 2.45. The van der Waals surface area contributed by atoms with Crippen LogP contribution in [0.3, 0.4) is 0 Å². The molecule has 0 saturated heterocycles. The molecule has 1 N–H and O–H groups in total. The Labute approximate surface area is 139 Å². The average molecular weight is 337 g/mol. The summed E-state index contributed by atoms with van der Waals surface area (Å²) in [5.74, 6) is -1.88. The predicted octanol–water partition coefficient (Wildman–Crippen LogP) is 2.79. The summed E-state index contributed by atoms with van der Waals surface area (Å²) in [6, 6.07) is 4.24. The standard InChI is InChI=1S/C17H20FNO5/c1-22-16(20)10-14(17(21)23-2)19-11-7-8-15(13(18)9-11)24-12-5-3-4-6-12/h7-10,12,19H,3-6H2,1-2H3/b14-10+. The monoisotopic (exact) mass is 337 g/mol. The van der Waals surface area contributed by atoms with Gasteiger partial charge in [0.1, 0.15) is 5.70 Å². The van der Waals surface area contributed by atoms with E-state index in [2.05, 4.69) is 14.8 Å². The summed E-state index contributed by atoms with van der Waals surface area (Å²) in [7, 11) is 2.36. The van der Waals surface area contributed by atoms with E-state index in [1.54, 1.807) is 6.07 Å². The molecule has 0 bridgehead atoms. The van der Waals surface area contributed by atoms with Crippen LogP contribution >= 0.6 is 0 Å². The van der Waals surface area contributed by atoms with Crippen molar-refractivity contribution in [1.82, 2.24) is 0 Å². The number of benzene rings is 1. The van der Waals surface area contributed by atoms with E-state index in [9.17, 15) is 14.0 Å². The van der Waals surface area contributed by atoms with Crippen LogP contribution in [0.4, 0.5) is 10.1 Å². The first kappa shape index (κ1) is 17.8. The maximum absolute atomic E-state index is 14.2. The molecule has 0 amide bonds. The second kappa shape index (κ2) is 8.33. The van der Waals surface area contributed by atoms with Gasteiger partial charge >= 0.3 is 11.9 Å². The van der Waals surface area contributed by atoms with Gasteiger partial charge in [-0.15, -0.1) is 0 Å². The van der Waals surface area contributed by atoms with Crippen LogP contribution in [0.15, 0.2) is 30.0 Å². The van der Waals surface area contributed by atoms with E-state index in [-0.39, 0.29) is 23.2 Å². The first-order valence-electron chi connectivity index (χ1n) is 7.64. The van der Waals surface area contributed by atoms with Gasteiger partial charge in [-0.25, -0.2) is 14.0 Å². The Hall–Kier alpha value is -2.57. The third kappa shape index (κ3) is 4.71. The number of anilines is 1. The average Bonchev–Trinajstić information content (AvgIpc) is 3.08. The van der Waals surface area contributed by atoms with Crippen molar-refractivity contribution in [2.24, 2.45) is 0 Å². The van der Waals surface area contributed by atoms with Gasteiger partial charge in [-0.05, 0) is 37.8 Å². The minimum absolute atomic E-state index is 0.0446. The zero-order valence-corrected chi connectivity index (χ0v) is 13.6. The van der Waals surface area contributed by atoms with Crippen LogP contribution in [0.2, 0.25) is 0 Å². The summed E-state index contributed by atoms with van der Waals surface area (Å²) >= 11 is 0. The van der Waals surface area contributed by atoms with Gasteiger partial charge in [-0.1, -0.05) is 0 Å². The molecule has 1 aromatic carbocycles. The SMILES string of the molecule is COC(=O)/C=C(/Nc1ccc(OC2CCCC2)c(F)c1)C(=O)OC. The van der Waals surface area contributed by atoms with E-state index in [1.165, 1.54) is 26.4 Å². The van der Waals surface area contributed by atoms with Gasteiger partial charge in [0.25, 0.3) is 0 Å². The number of esters is 2. The molecule has 2 rings (SSSR count). The maximum atomic E-state index is 14.2. The highest BCUT2D eigenvalue weighted by Crippen LogP contribution is 2.28. The van der Waals surface area contributed by atoms with E-state index in [1.807, 2.05) is 0 Å². The zero-order valence-electron chi connectivity index (χ0n) is 13.6. The van der Waals surface area contributed by atoms with Crippen molar-refractivity contribution in [2.75, 3.05) is 19.5 Å². The van der Waals surface area contributed by atoms with E-state index >= 15 is 0 Å². The second-order valence-electron chi connectivity index (χ2n) is 5.37. The topological polar surface area (TPSA) is 73.9 Å². The Morgan fingerprint density at radius 2 is 1.92 bits per heavy atom. The molecule has 1 aliphatic carbocycles. The van der Waals surface area contributed by atoms with Crippen molar-refractivity contribution in [2.45, 2.75) is 31.8 Å².